The highest BCUT2D eigenvalue weighted by molar-refractivity contribution is 14.1. The highest BCUT2D eigenvalue weighted by Crippen LogP contribution is 2.31. The van der Waals surface area contributed by atoms with E-state index in [1.54, 1.807) is 18.4 Å². The molecule has 6 nitrogen and oxygen atoms in total. The molecule has 33 heavy (non-hydrogen) atoms. The number of nitrogens with one attached hydrogen (secondary N) is 2. The maximum atomic E-state index is 14.6. The van der Waals surface area contributed by atoms with E-state index in [1.165, 1.54) is 17.0 Å². The Kier molecular flexibility index (Phi) is 6.96. The summed E-state index contributed by atoms with van der Waals surface area (Å²) in [6.07, 6.45) is 2.25. The van der Waals surface area contributed by atoms with Crippen LogP contribution in [0.5, 0.6) is 0 Å². The third-order valence-corrected chi connectivity index (χ3v) is 6.03. The number of benzene rings is 2. The number of nitrogens with zero attached hydrogens (tertiary/aromatic N) is 1. The predicted octanol–water partition coefficient (Wildman–Crippen LogP) is 4.06. The Hall–Kier alpha value is -2.57. The largest absolute Gasteiger partial charge is 0.469 e. The molecule has 0 unspecified atom stereocenters. The van der Waals surface area contributed by atoms with Gasteiger partial charge in [0.1, 0.15) is 17.2 Å². The molecule has 2 aromatic carbocycles. The number of carbonyl (C=O) groups excluding carboxylic acids is 1. The number of rotatable bonds is 8. The lowest BCUT2D eigenvalue weighted by atomic mass is 9.92. The van der Waals surface area contributed by atoms with Crippen molar-refractivity contribution in [3.8, 4) is 0 Å². The van der Waals surface area contributed by atoms with E-state index < -0.39 is 34.6 Å². The van der Waals surface area contributed by atoms with Gasteiger partial charge in [-0.25, -0.2) is 13.2 Å². The highest BCUT2D eigenvalue weighted by atomic mass is 127. The van der Waals surface area contributed by atoms with E-state index >= 15 is 0 Å². The first-order chi connectivity index (χ1) is 15.8. The zero-order chi connectivity index (χ0) is 23.6. The normalized spacial score (nSPS) is 14.8. The molecule has 1 fully saturated rings. The molecule has 0 saturated carbocycles. The van der Waals surface area contributed by atoms with Crippen molar-refractivity contribution in [3.05, 3.63) is 81.1 Å². The fraction of sp³-hybridized carbons (Fsp3) is 0.261. The zero-order valence-corrected chi connectivity index (χ0v) is 19.5. The smallest absolute Gasteiger partial charge is 0.256 e. The molecule has 4 rings (SSSR count). The van der Waals surface area contributed by atoms with Crippen LogP contribution in [0.4, 0.5) is 24.5 Å². The maximum Gasteiger partial charge on any atom is 0.256 e. The lowest BCUT2D eigenvalue weighted by Gasteiger charge is -2.46. The van der Waals surface area contributed by atoms with Gasteiger partial charge in [0.2, 0.25) is 0 Å². The van der Waals surface area contributed by atoms with Crippen LogP contribution in [0.15, 0.2) is 53.1 Å². The Morgan fingerprint density at radius 2 is 1.94 bits per heavy atom. The van der Waals surface area contributed by atoms with Crippen LogP contribution in [-0.4, -0.2) is 47.7 Å². The lowest BCUT2D eigenvalue weighted by molar-refractivity contribution is -0.0784. The summed E-state index contributed by atoms with van der Waals surface area (Å²) in [6.45, 7) is 0.892. The first-order valence-electron chi connectivity index (χ1n) is 10.2. The van der Waals surface area contributed by atoms with Crippen LogP contribution in [0.2, 0.25) is 0 Å². The van der Waals surface area contributed by atoms with Gasteiger partial charge in [0.15, 0.2) is 11.6 Å². The van der Waals surface area contributed by atoms with Crippen LogP contribution in [0, 0.1) is 21.0 Å². The Morgan fingerprint density at radius 3 is 2.64 bits per heavy atom. The van der Waals surface area contributed by atoms with E-state index in [0.717, 1.165) is 17.9 Å². The van der Waals surface area contributed by atoms with Crippen molar-refractivity contribution in [3.63, 3.8) is 0 Å². The number of β-amino-alcohol motifs (C(OH)–C–C–N with tert-alkyl or cyclic N) is 1. The summed E-state index contributed by atoms with van der Waals surface area (Å²) in [5, 5.41) is 16.3. The molecule has 0 aliphatic carbocycles. The van der Waals surface area contributed by atoms with Gasteiger partial charge in [-0.2, -0.15) is 0 Å². The number of anilines is 2. The fourth-order valence-corrected chi connectivity index (χ4v) is 4.11. The summed E-state index contributed by atoms with van der Waals surface area (Å²) in [7, 11) is 0. The Balaban J connectivity index is 1.41. The summed E-state index contributed by atoms with van der Waals surface area (Å²) in [5.41, 5.74) is -1.82. The molecule has 1 saturated heterocycles. The van der Waals surface area contributed by atoms with E-state index in [4.69, 9.17) is 4.42 Å². The summed E-state index contributed by atoms with van der Waals surface area (Å²) in [5.74, 6) is -2.89. The van der Waals surface area contributed by atoms with Crippen LogP contribution in [0.1, 0.15) is 16.1 Å². The van der Waals surface area contributed by atoms with Gasteiger partial charge in [-0.3, -0.25) is 4.79 Å². The van der Waals surface area contributed by atoms with Crippen molar-refractivity contribution in [1.82, 2.24) is 10.2 Å². The fourth-order valence-electron chi connectivity index (χ4n) is 3.65. The minimum atomic E-state index is -1.28. The molecule has 1 aromatic heterocycles. The number of hydrogen-bond donors (Lipinski definition) is 3. The van der Waals surface area contributed by atoms with Crippen molar-refractivity contribution in [2.75, 3.05) is 31.5 Å². The van der Waals surface area contributed by atoms with Gasteiger partial charge in [-0.05, 0) is 65.1 Å². The summed E-state index contributed by atoms with van der Waals surface area (Å²) in [4.78, 5) is 14.3. The van der Waals surface area contributed by atoms with Gasteiger partial charge in [-0.1, -0.05) is 0 Å². The molecule has 1 amide bonds. The maximum absolute atomic E-state index is 14.6. The third-order valence-electron chi connectivity index (χ3n) is 5.36. The Labute approximate surface area is 201 Å². The average molecular weight is 571 g/mol. The topological polar surface area (TPSA) is 77.7 Å². The number of hydrogen-bond acceptors (Lipinski definition) is 5. The second-order valence-corrected chi connectivity index (χ2v) is 9.17. The molecular weight excluding hydrogens is 550 g/mol. The summed E-state index contributed by atoms with van der Waals surface area (Å²) in [6, 6.07) is 9.86. The highest BCUT2D eigenvalue weighted by Gasteiger charge is 2.44. The number of likely N-dealkylation sites (tertiary alicyclic amines) is 1. The molecule has 2 heterocycles. The number of halogens is 4. The molecule has 3 aromatic rings. The predicted molar refractivity (Wildman–Crippen MR) is 125 cm³/mol. The van der Waals surface area contributed by atoms with Gasteiger partial charge in [0.05, 0.1) is 36.3 Å². The van der Waals surface area contributed by atoms with Crippen LogP contribution in [0.25, 0.3) is 0 Å². The summed E-state index contributed by atoms with van der Waals surface area (Å²) >= 11 is 1.93. The monoisotopic (exact) mass is 571 g/mol. The van der Waals surface area contributed by atoms with E-state index in [1.807, 2.05) is 28.7 Å². The Morgan fingerprint density at radius 1 is 1.15 bits per heavy atom. The molecule has 0 radical (unpaired) electrons. The van der Waals surface area contributed by atoms with Crippen molar-refractivity contribution in [2.24, 2.45) is 0 Å². The van der Waals surface area contributed by atoms with E-state index in [-0.39, 0.29) is 30.9 Å². The third kappa shape index (κ3) is 5.33. The SMILES string of the molecule is O=C(c1ccc(F)c(F)c1Nc1ccc(I)cc1F)N1CC(O)(CNCCc2ccco2)C1. The average Bonchev–Trinajstić information content (AvgIpc) is 3.27. The second-order valence-electron chi connectivity index (χ2n) is 7.92. The molecule has 3 N–H and O–H groups in total. The van der Waals surface area contributed by atoms with Gasteiger partial charge in [-0.15, -0.1) is 0 Å². The standard InChI is InChI=1S/C23H21F3IN3O3/c24-17-5-4-16(21(20(17)26)29-19-6-3-14(27)10-18(19)25)22(31)30-12-23(32,13-30)11-28-8-7-15-2-1-9-33-15/h1-6,9-10,28-29,32H,7-8,11-13H2. The molecule has 10 heteroatoms. The molecule has 0 atom stereocenters. The number of amides is 1. The molecule has 174 valence electrons. The zero-order valence-electron chi connectivity index (χ0n) is 17.4. The Bertz CT molecular complexity index is 1150. The lowest BCUT2D eigenvalue weighted by Crippen LogP contribution is -2.67. The number of carbonyl (C=O) groups is 1. The molecule has 1 aliphatic rings. The molecule has 1 aliphatic heterocycles. The van der Waals surface area contributed by atoms with Gasteiger partial charge >= 0.3 is 0 Å². The molecule has 0 spiro atoms. The van der Waals surface area contributed by atoms with E-state index in [0.29, 0.717) is 16.5 Å². The van der Waals surface area contributed by atoms with Crippen LogP contribution in [0.3, 0.4) is 0 Å². The van der Waals surface area contributed by atoms with Gasteiger partial charge in [0, 0.05) is 23.1 Å². The van der Waals surface area contributed by atoms with Crippen LogP contribution >= 0.6 is 22.6 Å². The second kappa shape index (κ2) is 9.74. The quantitative estimate of drug-likeness (QED) is 0.281. The minimum Gasteiger partial charge on any atom is -0.469 e. The summed E-state index contributed by atoms with van der Waals surface area (Å²) < 4.78 is 48.6. The van der Waals surface area contributed by atoms with Crippen LogP contribution in [-0.2, 0) is 6.42 Å². The van der Waals surface area contributed by atoms with Crippen molar-refractivity contribution in [1.29, 1.82) is 0 Å². The minimum absolute atomic E-state index is 0.0237. The number of aliphatic hydroxyl groups is 1. The molecular formula is C23H21F3IN3O3. The van der Waals surface area contributed by atoms with Crippen molar-refractivity contribution < 1.29 is 27.5 Å². The van der Waals surface area contributed by atoms with E-state index in [9.17, 15) is 23.1 Å². The van der Waals surface area contributed by atoms with Crippen LogP contribution < -0.4 is 10.6 Å². The first-order valence-corrected chi connectivity index (χ1v) is 11.3. The van der Waals surface area contributed by atoms with E-state index in [2.05, 4.69) is 10.6 Å². The van der Waals surface area contributed by atoms with Crippen molar-refractivity contribution in [2.45, 2.75) is 12.0 Å². The first kappa shape index (κ1) is 23.6. The van der Waals surface area contributed by atoms with Gasteiger partial charge < -0.3 is 25.1 Å². The van der Waals surface area contributed by atoms with Crippen molar-refractivity contribution >= 4 is 39.9 Å². The van der Waals surface area contributed by atoms with Gasteiger partial charge in [0.25, 0.3) is 5.91 Å². The molecule has 0 bridgehead atoms. The number of furan rings is 1.